The molecule has 0 saturated heterocycles. The molecule has 0 spiro atoms. The molecule has 0 fully saturated rings. The zero-order valence-electron chi connectivity index (χ0n) is 8.81. The first-order valence-electron chi connectivity index (χ1n) is 4.80. The molecule has 3 N–H and O–H groups in total. The molecule has 0 aliphatic rings. The van der Waals surface area contributed by atoms with Gasteiger partial charge in [0.25, 0.3) is 0 Å². The van der Waals surface area contributed by atoms with Crippen molar-refractivity contribution in [3.05, 3.63) is 34.3 Å². The highest BCUT2D eigenvalue weighted by Gasteiger charge is 2.20. The normalized spacial score (nSPS) is 14.2. The second-order valence-electron chi connectivity index (χ2n) is 3.41. The fourth-order valence-electron chi connectivity index (χ4n) is 1.41. The summed E-state index contributed by atoms with van der Waals surface area (Å²) in [6.07, 6.45) is -2.10. The maximum absolute atomic E-state index is 9.86. The zero-order chi connectivity index (χ0) is 12.1. The number of nitrogens with zero attached hydrogens (tertiary/aromatic N) is 1. The number of hydrogen-bond donors (Lipinski definition) is 3. The van der Waals surface area contributed by atoms with Crippen LogP contribution in [0, 0.1) is 11.3 Å². The van der Waals surface area contributed by atoms with E-state index in [4.69, 9.17) is 16.9 Å². The molecular formula is C11H13ClN2O2. The summed E-state index contributed by atoms with van der Waals surface area (Å²) in [5, 5.41) is 31.5. The van der Waals surface area contributed by atoms with E-state index in [1.807, 2.05) is 6.07 Å². The lowest BCUT2D eigenvalue weighted by Crippen LogP contribution is -2.30. The van der Waals surface area contributed by atoms with Gasteiger partial charge in [0.15, 0.2) is 0 Å². The highest BCUT2D eigenvalue weighted by Crippen LogP contribution is 2.24. The van der Waals surface area contributed by atoms with E-state index in [1.54, 1.807) is 13.1 Å². The van der Waals surface area contributed by atoms with Gasteiger partial charge < -0.3 is 15.5 Å². The van der Waals surface area contributed by atoms with Crippen LogP contribution in [-0.4, -0.2) is 29.9 Å². The number of benzene rings is 1. The average Bonchev–Trinajstić information content (AvgIpc) is 2.28. The van der Waals surface area contributed by atoms with E-state index < -0.39 is 12.2 Å². The zero-order valence-corrected chi connectivity index (χ0v) is 9.57. The number of nitrogens with one attached hydrogen (secondary N) is 1. The number of halogens is 1. The fraction of sp³-hybridized carbons (Fsp3) is 0.364. The number of nitriles is 1. The SMILES string of the molecule is CNCC(O)C(O)c1cc(Cl)ccc1C#N. The van der Waals surface area contributed by atoms with Crippen molar-refractivity contribution >= 4 is 11.6 Å². The van der Waals surface area contributed by atoms with E-state index in [-0.39, 0.29) is 6.54 Å². The van der Waals surface area contributed by atoms with Gasteiger partial charge in [-0.05, 0) is 25.2 Å². The van der Waals surface area contributed by atoms with Gasteiger partial charge in [-0.1, -0.05) is 11.6 Å². The van der Waals surface area contributed by atoms with Crippen molar-refractivity contribution in [3.63, 3.8) is 0 Å². The second-order valence-corrected chi connectivity index (χ2v) is 3.85. The summed E-state index contributed by atoms with van der Waals surface area (Å²) in [6.45, 7) is 0.235. The van der Waals surface area contributed by atoms with Crippen molar-refractivity contribution in [2.24, 2.45) is 0 Å². The molecule has 86 valence electrons. The van der Waals surface area contributed by atoms with Crippen LogP contribution in [0.4, 0.5) is 0 Å². The lowest BCUT2D eigenvalue weighted by Gasteiger charge is -2.18. The second kappa shape index (κ2) is 5.83. The van der Waals surface area contributed by atoms with Gasteiger partial charge in [-0.25, -0.2) is 0 Å². The summed E-state index contributed by atoms with van der Waals surface area (Å²) in [5.41, 5.74) is 0.657. The Labute approximate surface area is 99.1 Å². The Bertz CT molecular complexity index is 403. The van der Waals surface area contributed by atoms with E-state index in [0.717, 1.165) is 0 Å². The van der Waals surface area contributed by atoms with Gasteiger partial charge in [-0.2, -0.15) is 5.26 Å². The van der Waals surface area contributed by atoms with Crippen molar-refractivity contribution in [2.45, 2.75) is 12.2 Å². The lowest BCUT2D eigenvalue weighted by molar-refractivity contribution is 0.0201. The maximum atomic E-state index is 9.86. The monoisotopic (exact) mass is 240 g/mol. The van der Waals surface area contributed by atoms with Gasteiger partial charge in [0, 0.05) is 17.1 Å². The molecule has 4 nitrogen and oxygen atoms in total. The molecule has 1 aromatic carbocycles. The molecule has 0 saturated carbocycles. The molecule has 2 atom stereocenters. The van der Waals surface area contributed by atoms with Gasteiger partial charge in [0.05, 0.1) is 17.7 Å². The van der Waals surface area contributed by atoms with Gasteiger partial charge >= 0.3 is 0 Å². The minimum atomic E-state index is -1.12. The van der Waals surface area contributed by atoms with E-state index >= 15 is 0 Å². The van der Waals surface area contributed by atoms with Crippen molar-refractivity contribution < 1.29 is 10.2 Å². The van der Waals surface area contributed by atoms with Crippen LogP contribution >= 0.6 is 11.6 Å². The number of rotatable bonds is 4. The quantitative estimate of drug-likeness (QED) is 0.729. The minimum absolute atomic E-state index is 0.235. The van der Waals surface area contributed by atoms with Crippen LogP contribution in [0.15, 0.2) is 18.2 Å². The average molecular weight is 241 g/mol. The number of hydrogen-bond acceptors (Lipinski definition) is 4. The van der Waals surface area contributed by atoms with Crippen molar-refractivity contribution in [2.75, 3.05) is 13.6 Å². The summed E-state index contributed by atoms with van der Waals surface area (Å²) >= 11 is 5.78. The number of likely N-dealkylation sites (N-methyl/N-ethyl adjacent to an activating group) is 1. The molecule has 2 unspecified atom stereocenters. The first-order valence-corrected chi connectivity index (χ1v) is 5.18. The molecule has 16 heavy (non-hydrogen) atoms. The van der Waals surface area contributed by atoms with Crippen LogP contribution in [0.3, 0.4) is 0 Å². The fourth-order valence-corrected chi connectivity index (χ4v) is 1.59. The third-order valence-electron chi connectivity index (χ3n) is 2.23. The number of aliphatic hydroxyl groups is 2. The third-order valence-corrected chi connectivity index (χ3v) is 2.47. The summed E-state index contributed by atoms with van der Waals surface area (Å²) in [6, 6.07) is 6.53. The molecule has 1 rings (SSSR count). The van der Waals surface area contributed by atoms with Crippen LogP contribution in [0.5, 0.6) is 0 Å². The highest BCUT2D eigenvalue weighted by atomic mass is 35.5. The lowest BCUT2D eigenvalue weighted by atomic mass is 9.99. The smallest absolute Gasteiger partial charge is 0.107 e. The summed E-state index contributed by atoms with van der Waals surface area (Å²) in [7, 11) is 1.67. The molecular weight excluding hydrogens is 228 g/mol. The molecule has 0 aromatic heterocycles. The molecule has 0 radical (unpaired) electrons. The Kier molecular flexibility index (Phi) is 4.71. The Hall–Kier alpha value is -1.12. The summed E-state index contributed by atoms with van der Waals surface area (Å²) < 4.78 is 0. The van der Waals surface area contributed by atoms with Crippen LogP contribution in [0.1, 0.15) is 17.2 Å². The predicted molar refractivity (Wildman–Crippen MR) is 61.1 cm³/mol. The molecule has 0 heterocycles. The van der Waals surface area contributed by atoms with Crippen molar-refractivity contribution in [3.8, 4) is 6.07 Å². The van der Waals surface area contributed by atoms with E-state index in [0.29, 0.717) is 16.1 Å². The van der Waals surface area contributed by atoms with E-state index in [9.17, 15) is 10.2 Å². The van der Waals surface area contributed by atoms with E-state index in [1.165, 1.54) is 12.1 Å². The molecule has 0 aliphatic carbocycles. The Morgan fingerprint density at radius 1 is 1.50 bits per heavy atom. The molecule has 0 amide bonds. The molecule has 1 aromatic rings. The summed E-state index contributed by atoms with van der Waals surface area (Å²) in [4.78, 5) is 0. The van der Waals surface area contributed by atoms with Gasteiger partial charge in [0.2, 0.25) is 0 Å². The van der Waals surface area contributed by atoms with Gasteiger partial charge in [-0.15, -0.1) is 0 Å². The molecule has 0 bridgehead atoms. The first-order chi connectivity index (χ1) is 7.60. The predicted octanol–water partition coefficient (Wildman–Crippen LogP) is 0.825. The van der Waals surface area contributed by atoms with E-state index in [2.05, 4.69) is 5.32 Å². The first kappa shape index (κ1) is 12.9. The van der Waals surface area contributed by atoms with Crippen molar-refractivity contribution in [1.29, 1.82) is 5.26 Å². The van der Waals surface area contributed by atoms with Crippen LogP contribution in [0.25, 0.3) is 0 Å². The molecule has 0 aliphatic heterocycles. The van der Waals surface area contributed by atoms with Gasteiger partial charge in [0.1, 0.15) is 6.10 Å². The van der Waals surface area contributed by atoms with Crippen LogP contribution in [-0.2, 0) is 0 Å². The topological polar surface area (TPSA) is 76.3 Å². The Morgan fingerprint density at radius 3 is 2.75 bits per heavy atom. The standard InChI is InChI=1S/C11H13ClN2O2/c1-14-6-10(15)11(16)9-4-8(12)3-2-7(9)5-13/h2-4,10-11,14-16H,6H2,1H3. The van der Waals surface area contributed by atoms with Gasteiger partial charge in [-0.3, -0.25) is 0 Å². The summed E-state index contributed by atoms with van der Waals surface area (Å²) in [5.74, 6) is 0. The maximum Gasteiger partial charge on any atom is 0.107 e. The Morgan fingerprint density at radius 2 is 2.19 bits per heavy atom. The Balaban J connectivity index is 3.02. The van der Waals surface area contributed by atoms with Crippen LogP contribution < -0.4 is 5.32 Å². The molecule has 5 heteroatoms. The largest absolute Gasteiger partial charge is 0.389 e. The minimum Gasteiger partial charge on any atom is -0.389 e. The highest BCUT2D eigenvalue weighted by molar-refractivity contribution is 6.30. The number of aliphatic hydroxyl groups excluding tert-OH is 2. The van der Waals surface area contributed by atoms with Crippen molar-refractivity contribution in [1.82, 2.24) is 5.32 Å². The third kappa shape index (κ3) is 2.94. The van der Waals surface area contributed by atoms with Crippen LogP contribution in [0.2, 0.25) is 5.02 Å².